The molecule has 0 aromatic heterocycles. The summed E-state index contributed by atoms with van der Waals surface area (Å²) in [6, 6.07) is 4.14. The van der Waals surface area contributed by atoms with Gasteiger partial charge in [-0.15, -0.1) is 6.58 Å². The normalized spacial score (nSPS) is 12.4. The Morgan fingerprint density at radius 2 is 1.86 bits per heavy atom. The summed E-state index contributed by atoms with van der Waals surface area (Å²) in [6.45, 7) is 5.65. The zero-order valence-electron chi connectivity index (χ0n) is 8.20. The van der Waals surface area contributed by atoms with E-state index in [0.29, 0.717) is 12.0 Å². The zero-order chi connectivity index (χ0) is 10.7. The lowest BCUT2D eigenvalue weighted by atomic mass is 10.0. The van der Waals surface area contributed by atoms with Crippen molar-refractivity contribution >= 4 is 0 Å². The van der Waals surface area contributed by atoms with Crippen LogP contribution in [-0.4, -0.2) is 10.2 Å². The number of hydrogen-bond donors (Lipinski definition) is 3. The molecule has 0 aliphatic heterocycles. The monoisotopic (exact) mass is 193 g/mol. The van der Waals surface area contributed by atoms with Gasteiger partial charge in [0, 0.05) is 12.1 Å². The van der Waals surface area contributed by atoms with Crippen molar-refractivity contribution in [3.8, 4) is 11.5 Å². The summed E-state index contributed by atoms with van der Waals surface area (Å²) < 4.78 is 0. The van der Waals surface area contributed by atoms with Crippen LogP contribution in [0.2, 0.25) is 0 Å². The van der Waals surface area contributed by atoms with Gasteiger partial charge < -0.3 is 15.9 Å². The predicted octanol–water partition coefficient (Wildman–Crippen LogP) is 2.06. The summed E-state index contributed by atoms with van der Waals surface area (Å²) in [4.78, 5) is 0. The molecule has 0 radical (unpaired) electrons. The molecule has 14 heavy (non-hydrogen) atoms. The molecule has 1 atom stereocenters. The van der Waals surface area contributed by atoms with Gasteiger partial charge in [-0.2, -0.15) is 0 Å². The highest BCUT2D eigenvalue weighted by molar-refractivity contribution is 5.38. The molecule has 0 bridgehead atoms. The van der Waals surface area contributed by atoms with Crippen LogP contribution in [0.4, 0.5) is 0 Å². The third kappa shape index (κ3) is 2.78. The Kier molecular flexibility index (Phi) is 3.14. The van der Waals surface area contributed by atoms with Crippen molar-refractivity contribution in [3.05, 3.63) is 35.9 Å². The second kappa shape index (κ2) is 4.15. The van der Waals surface area contributed by atoms with E-state index in [-0.39, 0.29) is 17.5 Å². The molecule has 0 amide bonds. The molecule has 3 nitrogen and oxygen atoms in total. The Hall–Kier alpha value is -1.48. The fourth-order valence-corrected chi connectivity index (χ4v) is 1.33. The fraction of sp³-hybridized carbons (Fsp3) is 0.273. The molecule has 0 spiro atoms. The van der Waals surface area contributed by atoms with Crippen LogP contribution < -0.4 is 5.73 Å². The minimum absolute atomic E-state index is 0.0252. The van der Waals surface area contributed by atoms with E-state index in [1.165, 1.54) is 6.07 Å². The van der Waals surface area contributed by atoms with Crippen molar-refractivity contribution in [3.63, 3.8) is 0 Å². The molecule has 0 fully saturated rings. The Morgan fingerprint density at radius 1 is 1.36 bits per heavy atom. The Labute approximate surface area is 83.5 Å². The van der Waals surface area contributed by atoms with Gasteiger partial charge in [0.1, 0.15) is 11.5 Å². The van der Waals surface area contributed by atoms with Crippen molar-refractivity contribution < 1.29 is 10.2 Å². The molecule has 1 rings (SSSR count). The van der Waals surface area contributed by atoms with E-state index in [1.54, 1.807) is 12.1 Å². The highest BCUT2D eigenvalue weighted by Crippen LogP contribution is 2.26. The molecule has 0 heterocycles. The lowest BCUT2D eigenvalue weighted by Gasteiger charge is -2.12. The minimum Gasteiger partial charge on any atom is -0.508 e. The van der Waals surface area contributed by atoms with Crippen molar-refractivity contribution in [2.45, 2.75) is 19.4 Å². The van der Waals surface area contributed by atoms with Gasteiger partial charge in [-0.3, -0.25) is 0 Å². The van der Waals surface area contributed by atoms with Gasteiger partial charge in [0.25, 0.3) is 0 Å². The maximum absolute atomic E-state index is 9.24. The molecular weight excluding hydrogens is 178 g/mol. The average Bonchev–Trinajstić information content (AvgIpc) is 2.00. The third-order valence-corrected chi connectivity index (χ3v) is 1.92. The van der Waals surface area contributed by atoms with E-state index in [1.807, 2.05) is 6.92 Å². The number of phenolic OH excluding ortho intramolecular Hbond substituents is 2. The summed E-state index contributed by atoms with van der Waals surface area (Å²) in [5.74, 6) is 0.0503. The van der Waals surface area contributed by atoms with E-state index < -0.39 is 0 Å². The van der Waals surface area contributed by atoms with Crippen LogP contribution in [0.1, 0.15) is 24.9 Å². The van der Waals surface area contributed by atoms with Gasteiger partial charge in [-0.25, -0.2) is 0 Å². The van der Waals surface area contributed by atoms with E-state index >= 15 is 0 Å². The van der Waals surface area contributed by atoms with Gasteiger partial charge in [0.2, 0.25) is 0 Å². The van der Waals surface area contributed by atoms with Gasteiger partial charge in [-0.05, 0) is 31.0 Å². The Morgan fingerprint density at radius 3 is 2.29 bits per heavy atom. The molecule has 4 N–H and O–H groups in total. The van der Waals surface area contributed by atoms with Crippen LogP contribution in [-0.2, 0) is 0 Å². The SMILES string of the molecule is C=C(C)C[C@H](N)c1cc(O)cc(O)c1. The molecule has 0 saturated heterocycles. The lowest BCUT2D eigenvalue weighted by molar-refractivity contribution is 0.448. The number of aromatic hydroxyl groups is 2. The maximum Gasteiger partial charge on any atom is 0.119 e. The molecular formula is C11H15NO2. The molecule has 1 aromatic rings. The van der Waals surface area contributed by atoms with E-state index in [4.69, 9.17) is 5.73 Å². The van der Waals surface area contributed by atoms with Crippen LogP contribution in [0, 0.1) is 0 Å². The summed E-state index contributed by atoms with van der Waals surface area (Å²) in [6.07, 6.45) is 0.642. The van der Waals surface area contributed by atoms with Gasteiger partial charge in [-0.1, -0.05) is 5.57 Å². The highest BCUT2D eigenvalue weighted by atomic mass is 16.3. The van der Waals surface area contributed by atoms with Gasteiger partial charge in [0.15, 0.2) is 0 Å². The smallest absolute Gasteiger partial charge is 0.119 e. The minimum atomic E-state index is -0.231. The molecule has 3 heteroatoms. The average molecular weight is 193 g/mol. The molecule has 1 aromatic carbocycles. The second-order valence-corrected chi connectivity index (χ2v) is 3.55. The number of benzene rings is 1. The van der Waals surface area contributed by atoms with E-state index in [9.17, 15) is 10.2 Å². The van der Waals surface area contributed by atoms with Crippen molar-refractivity contribution in [1.82, 2.24) is 0 Å². The van der Waals surface area contributed by atoms with Crippen molar-refractivity contribution in [2.24, 2.45) is 5.73 Å². The number of rotatable bonds is 3. The van der Waals surface area contributed by atoms with Crippen molar-refractivity contribution in [1.29, 1.82) is 0 Å². The quantitative estimate of drug-likeness (QED) is 0.644. The van der Waals surface area contributed by atoms with Crippen LogP contribution in [0.3, 0.4) is 0 Å². The third-order valence-electron chi connectivity index (χ3n) is 1.92. The molecule has 76 valence electrons. The Bertz CT molecular complexity index is 327. The van der Waals surface area contributed by atoms with Crippen LogP contribution in [0.25, 0.3) is 0 Å². The first kappa shape index (κ1) is 10.6. The van der Waals surface area contributed by atoms with E-state index in [2.05, 4.69) is 6.58 Å². The van der Waals surface area contributed by atoms with Crippen LogP contribution in [0.5, 0.6) is 11.5 Å². The first-order valence-corrected chi connectivity index (χ1v) is 4.42. The van der Waals surface area contributed by atoms with Crippen LogP contribution in [0.15, 0.2) is 30.4 Å². The standard InChI is InChI=1S/C11H15NO2/c1-7(2)3-11(12)8-4-9(13)6-10(14)5-8/h4-6,11,13-14H,1,3,12H2,2H3/t11-/m0/s1. The topological polar surface area (TPSA) is 66.5 Å². The molecule has 0 aliphatic carbocycles. The predicted molar refractivity (Wildman–Crippen MR) is 56.1 cm³/mol. The first-order valence-electron chi connectivity index (χ1n) is 4.42. The number of hydrogen-bond acceptors (Lipinski definition) is 3. The molecule has 0 aliphatic rings. The summed E-state index contributed by atoms with van der Waals surface area (Å²) >= 11 is 0. The van der Waals surface area contributed by atoms with Gasteiger partial charge >= 0.3 is 0 Å². The van der Waals surface area contributed by atoms with Crippen molar-refractivity contribution in [2.75, 3.05) is 0 Å². The highest BCUT2D eigenvalue weighted by Gasteiger charge is 2.08. The summed E-state index contributed by atoms with van der Waals surface area (Å²) in [7, 11) is 0. The molecule has 0 unspecified atom stereocenters. The Balaban J connectivity index is 2.89. The first-order chi connectivity index (χ1) is 6.49. The number of phenols is 2. The van der Waals surface area contributed by atoms with Gasteiger partial charge in [0.05, 0.1) is 0 Å². The lowest BCUT2D eigenvalue weighted by Crippen LogP contribution is -2.10. The summed E-state index contributed by atoms with van der Waals surface area (Å²) in [5, 5.41) is 18.5. The second-order valence-electron chi connectivity index (χ2n) is 3.55. The number of nitrogens with two attached hydrogens (primary N) is 1. The van der Waals surface area contributed by atoms with E-state index in [0.717, 1.165) is 5.57 Å². The fourth-order valence-electron chi connectivity index (χ4n) is 1.33. The summed E-state index contributed by atoms with van der Waals surface area (Å²) in [5.41, 5.74) is 7.54. The largest absolute Gasteiger partial charge is 0.508 e. The molecule has 0 saturated carbocycles. The zero-order valence-corrected chi connectivity index (χ0v) is 8.20. The maximum atomic E-state index is 9.24. The van der Waals surface area contributed by atoms with Crippen LogP contribution >= 0.6 is 0 Å².